The number of carbonyl (C=O) groups excluding carboxylic acids is 1. The van der Waals surface area contributed by atoms with Crippen LogP contribution < -0.4 is 10.2 Å². The van der Waals surface area contributed by atoms with E-state index in [0.717, 1.165) is 6.42 Å². The lowest BCUT2D eigenvalue weighted by atomic mass is 10.0. The van der Waals surface area contributed by atoms with Gasteiger partial charge in [-0.25, -0.2) is 9.78 Å². The molecule has 1 fully saturated rings. The van der Waals surface area contributed by atoms with Crippen LogP contribution in [-0.4, -0.2) is 41.6 Å². The average molecular weight is 270 g/mol. The molecule has 0 aromatic carbocycles. The summed E-state index contributed by atoms with van der Waals surface area (Å²) in [7, 11) is 1.56. The number of halogens is 1. The molecule has 0 saturated carbocycles. The molecule has 1 amide bonds. The minimum absolute atomic E-state index is 0.0626. The zero-order chi connectivity index (χ0) is 13.3. The van der Waals surface area contributed by atoms with Gasteiger partial charge in [-0.2, -0.15) is 0 Å². The quantitative estimate of drug-likeness (QED) is 0.792. The summed E-state index contributed by atoms with van der Waals surface area (Å²) in [5.41, 5.74) is 0.0626. The van der Waals surface area contributed by atoms with Crippen molar-refractivity contribution in [3.05, 3.63) is 22.8 Å². The van der Waals surface area contributed by atoms with Crippen LogP contribution in [0.15, 0.2) is 12.1 Å². The van der Waals surface area contributed by atoms with Crippen molar-refractivity contribution in [2.45, 2.75) is 12.5 Å². The van der Waals surface area contributed by atoms with Crippen molar-refractivity contribution in [1.82, 2.24) is 10.3 Å². The Morgan fingerprint density at radius 3 is 2.78 bits per heavy atom. The van der Waals surface area contributed by atoms with Crippen molar-refractivity contribution in [2.24, 2.45) is 0 Å². The second kappa shape index (κ2) is 4.81. The fraction of sp³-hybridized carbons (Fsp3) is 0.364. The molecular formula is C11H12ClN3O3. The van der Waals surface area contributed by atoms with Crippen molar-refractivity contribution in [1.29, 1.82) is 0 Å². The van der Waals surface area contributed by atoms with E-state index in [1.54, 1.807) is 11.9 Å². The van der Waals surface area contributed by atoms with E-state index < -0.39 is 5.97 Å². The molecule has 7 heteroatoms. The number of likely N-dealkylation sites (N-methyl/N-ethyl adjacent to an activating group) is 1. The number of amides is 1. The van der Waals surface area contributed by atoms with Crippen molar-refractivity contribution in [3.8, 4) is 0 Å². The van der Waals surface area contributed by atoms with Gasteiger partial charge in [0.1, 0.15) is 17.0 Å². The highest BCUT2D eigenvalue weighted by molar-refractivity contribution is 6.29. The van der Waals surface area contributed by atoms with Crippen LogP contribution >= 0.6 is 11.6 Å². The number of carbonyl (C=O) groups is 2. The zero-order valence-corrected chi connectivity index (χ0v) is 10.4. The van der Waals surface area contributed by atoms with Crippen LogP contribution in [0, 0.1) is 0 Å². The van der Waals surface area contributed by atoms with Gasteiger partial charge in [0.15, 0.2) is 0 Å². The molecule has 6 nitrogen and oxygen atoms in total. The monoisotopic (exact) mass is 269 g/mol. The van der Waals surface area contributed by atoms with Crippen LogP contribution in [0.3, 0.4) is 0 Å². The maximum absolute atomic E-state index is 11.6. The van der Waals surface area contributed by atoms with Crippen LogP contribution in [0.25, 0.3) is 0 Å². The Morgan fingerprint density at radius 1 is 1.56 bits per heavy atom. The van der Waals surface area contributed by atoms with Crippen LogP contribution in [0.2, 0.25) is 5.15 Å². The lowest BCUT2D eigenvalue weighted by Gasteiger charge is -2.40. The molecule has 1 aliphatic rings. The summed E-state index contributed by atoms with van der Waals surface area (Å²) in [6, 6.07) is 2.40. The van der Waals surface area contributed by atoms with E-state index in [0.29, 0.717) is 12.4 Å². The first-order valence-corrected chi connectivity index (χ1v) is 5.80. The highest BCUT2D eigenvalue weighted by Crippen LogP contribution is 2.27. The fourth-order valence-corrected chi connectivity index (χ4v) is 2.06. The first-order chi connectivity index (χ1) is 8.52. The predicted octanol–water partition coefficient (Wildman–Crippen LogP) is 0.758. The molecule has 2 rings (SSSR count). The second-order valence-corrected chi connectivity index (χ2v) is 4.34. The van der Waals surface area contributed by atoms with Gasteiger partial charge in [-0.05, 0) is 18.6 Å². The van der Waals surface area contributed by atoms with Gasteiger partial charge in [0.25, 0.3) is 0 Å². The Labute approximate surface area is 109 Å². The van der Waals surface area contributed by atoms with E-state index >= 15 is 0 Å². The third kappa shape index (κ3) is 2.24. The molecule has 0 aliphatic carbocycles. The SMILES string of the molecule is CNC(=O)[C@@H]1CCN1c1cc(C(=O)O)cc(Cl)n1. The normalized spacial score (nSPS) is 18.1. The first-order valence-electron chi connectivity index (χ1n) is 5.42. The molecule has 1 aliphatic heterocycles. The average Bonchev–Trinajstić information content (AvgIpc) is 2.26. The molecule has 1 aromatic rings. The number of hydrogen-bond donors (Lipinski definition) is 2. The van der Waals surface area contributed by atoms with Crippen molar-refractivity contribution in [2.75, 3.05) is 18.5 Å². The summed E-state index contributed by atoms with van der Waals surface area (Å²) in [4.78, 5) is 28.3. The van der Waals surface area contributed by atoms with Gasteiger partial charge in [-0.15, -0.1) is 0 Å². The Balaban J connectivity index is 2.28. The number of rotatable bonds is 3. The Hall–Kier alpha value is -1.82. The third-order valence-electron chi connectivity index (χ3n) is 2.89. The standard InChI is InChI=1S/C11H12ClN3O3/c1-13-10(16)7-2-3-15(7)9-5-6(11(17)18)4-8(12)14-9/h4-5,7H,2-3H2,1H3,(H,13,16)(H,17,18)/t7-/m0/s1. The highest BCUT2D eigenvalue weighted by atomic mass is 35.5. The number of carboxylic acids is 1. The first kappa shape index (κ1) is 12.6. The fourth-order valence-electron chi connectivity index (χ4n) is 1.85. The lowest BCUT2D eigenvalue weighted by molar-refractivity contribution is -0.123. The number of carboxylic acid groups (broad SMARTS) is 1. The van der Waals surface area contributed by atoms with E-state index in [2.05, 4.69) is 10.3 Å². The number of anilines is 1. The zero-order valence-electron chi connectivity index (χ0n) is 9.68. The molecule has 2 heterocycles. The van der Waals surface area contributed by atoms with E-state index in [-0.39, 0.29) is 22.7 Å². The number of pyridine rings is 1. The van der Waals surface area contributed by atoms with Gasteiger partial charge >= 0.3 is 5.97 Å². The molecule has 2 N–H and O–H groups in total. The van der Waals surface area contributed by atoms with Gasteiger partial charge in [-0.3, -0.25) is 4.79 Å². The minimum Gasteiger partial charge on any atom is -0.478 e. The van der Waals surface area contributed by atoms with Gasteiger partial charge in [0.05, 0.1) is 5.56 Å². The summed E-state index contributed by atoms with van der Waals surface area (Å²) in [6.07, 6.45) is 0.719. The van der Waals surface area contributed by atoms with Crippen molar-refractivity contribution in [3.63, 3.8) is 0 Å². The number of aromatic carboxylic acids is 1. The van der Waals surface area contributed by atoms with Crippen molar-refractivity contribution >= 4 is 29.3 Å². The summed E-state index contributed by atoms with van der Waals surface area (Å²) in [6.45, 7) is 0.657. The summed E-state index contributed by atoms with van der Waals surface area (Å²) < 4.78 is 0. The number of nitrogens with zero attached hydrogens (tertiary/aromatic N) is 2. The summed E-state index contributed by atoms with van der Waals surface area (Å²) in [5, 5.41) is 11.6. The molecule has 0 spiro atoms. The minimum atomic E-state index is -1.07. The molecular weight excluding hydrogens is 258 g/mol. The number of aromatic nitrogens is 1. The largest absolute Gasteiger partial charge is 0.478 e. The van der Waals surface area contributed by atoms with Gasteiger partial charge < -0.3 is 15.3 Å². The van der Waals surface area contributed by atoms with Crippen LogP contribution in [0.4, 0.5) is 5.82 Å². The summed E-state index contributed by atoms with van der Waals surface area (Å²) >= 11 is 5.78. The molecule has 0 bridgehead atoms. The van der Waals surface area contributed by atoms with Crippen LogP contribution in [0.5, 0.6) is 0 Å². The molecule has 96 valence electrons. The second-order valence-electron chi connectivity index (χ2n) is 3.95. The Morgan fingerprint density at radius 2 is 2.28 bits per heavy atom. The predicted molar refractivity (Wildman–Crippen MR) is 66.0 cm³/mol. The van der Waals surface area contributed by atoms with E-state index in [4.69, 9.17) is 16.7 Å². The number of nitrogens with one attached hydrogen (secondary N) is 1. The molecule has 1 aromatic heterocycles. The molecule has 1 saturated heterocycles. The van der Waals surface area contributed by atoms with E-state index in [1.165, 1.54) is 12.1 Å². The molecule has 0 radical (unpaired) electrons. The van der Waals surface area contributed by atoms with Crippen molar-refractivity contribution < 1.29 is 14.7 Å². The molecule has 18 heavy (non-hydrogen) atoms. The van der Waals surface area contributed by atoms with Crippen LogP contribution in [-0.2, 0) is 4.79 Å². The van der Waals surface area contributed by atoms with Gasteiger partial charge in [0.2, 0.25) is 5.91 Å². The van der Waals surface area contributed by atoms with Gasteiger partial charge in [-0.1, -0.05) is 11.6 Å². The maximum Gasteiger partial charge on any atom is 0.335 e. The molecule has 1 atom stereocenters. The van der Waals surface area contributed by atoms with E-state index in [9.17, 15) is 9.59 Å². The number of hydrogen-bond acceptors (Lipinski definition) is 4. The maximum atomic E-state index is 11.6. The van der Waals surface area contributed by atoms with Gasteiger partial charge in [0, 0.05) is 13.6 Å². The topological polar surface area (TPSA) is 82.5 Å². The Bertz CT molecular complexity index is 506. The lowest BCUT2D eigenvalue weighted by Crippen LogP contribution is -2.56. The smallest absolute Gasteiger partial charge is 0.335 e. The summed E-state index contributed by atoms with van der Waals surface area (Å²) in [5.74, 6) is -0.766. The molecule has 0 unspecified atom stereocenters. The highest BCUT2D eigenvalue weighted by Gasteiger charge is 2.34. The Kier molecular flexibility index (Phi) is 3.38. The van der Waals surface area contributed by atoms with Crippen LogP contribution in [0.1, 0.15) is 16.8 Å². The van der Waals surface area contributed by atoms with E-state index in [1.807, 2.05) is 0 Å². The third-order valence-corrected chi connectivity index (χ3v) is 3.08.